The first kappa shape index (κ1) is 17.4. The van der Waals surface area contributed by atoms with Crippen molar-refractivity contribution in [1.29, 1.82) is 0 Å². The molecule has 1 aromatic carbocycles. The maximum Gasteiger partial charge on any atom is 0.311 e. The number of esters is 2. The quantitative estimate of drug-likeness (QED) is 0.554. The molecule has 2 rings (SSSR count). The van der Waals surface area contributed by atoms with Gasteiger partial charge in [-0.3, -0.25) is 9.59 Å². The highest BCUT2D eigenvalue weighted by molar-refractivity contribution is 6.40. The molecule has 1 aliphatic carbocycles. The Hall–Kier alpha value is -0.970. The lowest BCUT2D eigenvalue weighted by Gasteiger charge is -2.11. The van der Waals surface area contributed by atoms with Gasteiger partial charge < -0.3 is 9.47 Å². The van der Waals surface area contributed by atoms with Crippen molar-refractivity contribution in [2.75, 3.05) is 0 Å². The highest BCUT2D eigenvalue weighted by atomic mass is 35.5. The van der Waals surface area contributed by atoms with Gasteiger partial charge in [-0.25, -0.2) is 0 Å². The summed E-state index contributed by atoms with van der Waals surface area (Å²) in [7, 11) is 0. The number of hydrogen-bond donors (Lipinski definition) is 0. The lowest BCUT2D eigenvalue weighted by molar-refractivity contribution is -0.151. The van der Waals surface area contributed by atoms with Crippen LogP contribution in [0.15, 0.2) is 12.1 Å². The lowest BCUT2D eigenvalue weighted by Crippen LogP contribution is -2.17. The molecule has 0 unspecified atom stereocenters. The van der Waals surface area contributed by atoms with Crippen LogP contribution >= 0.6 is 34.8 Å². The Morgan fingerprint density at radius 3 is 2.14 bits per heavy atom. The largest absolute Gasteiger partial charge is 0.462 e. The normalized spacial score (nSPS) is 14.9. The van der Waals surface area contributed by atoms with Crippen LogP contribution in [-0.4, -0.2) is 18.0 Å². The van der Waals surface area contributed by atoms with Gasteiger partial charge in [0.2, 0.25) is 0 Å². The molecule has 0 aromatic heterocycles. The molecular weight excluding hydrogens is 351 g/mol. The van der Waals surface area contributed by atoms with E-state index in [9.17, 15) is 9.59 Å². The monoisotopic (exact) mass is 364 g/mol. The topological polar surface area (TPSA) is 52.6 Å². The van der Waals surface area contributed by atoms with Crippen LogP contribution < -0.4 is 4.74 Å². The summed E-state index contributed by atoms with van der Waals surface area (Å²) in [4.78, 5) is 23.4. The van der Waals surface area contributed by atoms with Gasteiger partial charge in [0.25, 0.3) is 0 Å². The molecule has 120 valence electrons. The molecule has 0 amide bonds. The maximum absolute atomic E-state index is 11.8. The van der Waals surface area contributed by atoms with Crippen LogP contribution in [0.2, 0.25) is 15.1 Å². The van der Waals surface area contributed by atoms with Gasteiger partial charge in [-0.1, -0.05) is 34.8 Å². The molecule has 22 heavy (non-hydrogen) atoms. The van der Waals surface area contributed by atoms with Crippen molar-refractivity contribution in [2.24, 2.45) is 0 Å². The predicted octanol–water partition coefficient (Wildman–Crippen LogP) is 4.82. The Labute approximate surface area is 143 Å². The van der Waals surface area contributed by atoms with Crippen LogP contribution in [0.3, 0.4) is 0 Å². The Morgan fingerprint density at radius 1 is 1.00 bits per heavy atom. The molecule has 1 aromatic rings. The molecule has 0 radical (unpaired) electrons. The molecular formula is C15H15Cl3O4. The molecule has 0 bridgehead atoms. The zero-order chi connectivity index (χ0) is 16.1. The van der Waals surface area contributed by atoms with E-state index in [-0.39, 0.29) is 34.7 Å². The van der Waals surface area contributed by atoms with E-state index in [2.05, 4.69) is 0 Å². The minimum Gasteiger partial charge on any atom is -0.462 e. The second kappa shape index (κ2) is 8.04. The average Bonchev–Trinajstić information content (AvgIpc) is 2.93. The van der Waals surface area contributed by atoms with E-state index >= 15 is 0 Å². The fourth-order valence-corrected chi connectivity index (χ4v) is 3.14. The van der Waals surface area contributed by atoms with E-state index in [0.29, 0.717) is 5.02 Å². The minimum atomic E-state index is -0.602. The number of ether oxygens (including phenoxy) is 2. The maximum atomic E-state index is 11.8. The lowest BCUT2D eigenvalue weighted by atomic mass is 10.3. The first-order chi connectivity index (χ1) is 10.5. The van der Waals surface area contributed by atoms with E-state index in [1.807, 2.05) is 0 Å². The third-order valence-electron chi connectivity index (χ3n) is 3.31. The summed E-state index contributed by atoms with van der Waals surface area (Å²) in [5, 5.41) is 0.619. The Bertz CT molecular complexity index is 545. The summed E-state index contributed by atoms with van der Waals surface area (Å²) >= 11 is 17.6. The number of rotatable bonds is 5. The molecule has 7 heteroatoms. The van der Waals surface area contributed by atoms with Crippen molar-refractivity contribution < 1.29 is 19.1 Å². The Kier molecular flexibility index (Phi) is 6.36. The SMILES string of the molecule is O=C(CCC(=O)OC1CCCC1)Oc1c(Cl)cc(Cl)cc1Cl. The highest BCUT2D eigenvalue weighted by Gasteiger charge is 2.20. The number of hydrogen-bond acceptors (Lipinski definition) is 4. The predicted molar refractivity (Wildman–Crippen MR) is 84.7 cm³/mol. The van der Waals surface area contributed by atoms with Crippen LogP contribution in [0.4, 0.5) is 0 Å². The summed E-state index contributed by atoms with van der Waals surface area (Å²) in [6, 6.07) is 2.85. The van der Waals surface area contributed by atoms with Gasteiger partial charge in [-0.2, -0.15) is 0 Å². The summed E-state index contributed by atoms with van der Waals surface area (Å²) in [6.45, 7) is 0. The van der Waals surface area contributed by atoms with Crippen molar-refractivity contribution in [2.45, 2.75) is 44.6 Å². The van der Waals surface area contributed by atoms with Crippen molar-refractivity contribution >= 4 is 46.7 Å². The zero-order valence-corrected chi connectivity index (χ0v) is 14.0. The van der Waals surface area contributed by atoms with Crippen molar-refractivity contribution in [1.82, 2.24) is 0 Å². The summed E-state index contributed by atoms with van der Waals surface area (Å²) in [5.74, 6) is -0.950. The number of benzene rings is 1. The van der Waals surface area contributed by atoms with Crippen molar-refractivity contribution in [3.8, 4) is 5.75 Å². The van der Waals surface area contributed by atoms with E-state index in [1.165, 1.54) is 12.1 Å². The molecule has 0 spiro atoms. The molecule has 0 N–H and O–H groups in total. The smallest absolute Gasteiger partial charge is 0.311 e. The fourth-order valence-electron chi connectivity index (χ4n) is 2.25. The van der Waals surface area contributed by atoms with Crippen molar-refractivity contribution in [3.63, 3.8) is 0 Å². The minimum absolute atomic E-state index is 0.0105. The van der Waals surface area contributed by atoms with Gasteiger partial charge in [0.05, 0.1) is 22.9 Å². The molecule has 1 fully saturated rings. The second-order valence-corrected chi connectivity index (χ2v) is 6.32. The third kappa shape index (κ3) is 5.04. The number of carbonyl (C=O) groups is 2. The summed E-state index contributed by atoms with van der Waals surface area (Å²) in [6.07, 6.45) is 3.81. The van der Waals surface area contributed by atoms with Crippen LogP contribution in [0, 0.1) is 0 Å². The van der Waals surface area contributed by atoms with Crippen LogP contribution in [-0.2, 0) is 14.3 Å². The standard InChI is InChI=1S/C15H15Cl3O4/c16-9-7-11(17)15(12(18)8-9)22-14(20)6-5-13(19)21-10-3-1-2-4-10/h7-8,10H,1-6H2. The second-order valence-electron chi connectivity index (χ2n) is 5.07. The molecule has 1 aliphatic rings. The van der Waals surface area contributed by atoms with Crippen LogP contribution in [0.1, 0.15) is 38.5 Å². The van der Waals surface area contributed by atoms with Gasteiger partial charge >= 0.3 is 11.9 Å². The summed E-state index contributed by atoms with van der Waals surface area (Å²) < 4.78 is 10.3. The molecule has 0 aliphatic heterocycles. The third-order valence-corrected chi connectivity index (χ3v) is 4.09. The zero-order valence-electron chi connectivity index (χ0n) is 11.7. The van der Waals surface area contributed by atoms with Crippen molar-refractivity contribution in [3.05, 3.63) is 27.2 Å². The molecule has 4 nitrogen and oxygen atoms in total. The summed E-state index contributed by atoms with van der Waals surface area (Å²) in [5.41, 5.74) is 0. The Balaban J connectivity index is 1.81. The van der Waals surface area contributed by atoms with Gasteiger partial charge in [0, 0.05) is 5.02 Å². The van der Waals surface area contributed by atoms with E-state index in [1.54, 1.807) is 0 Å². The van der Waals surface area contributed by atoms with Gasteiger partial charge in [0.15, 0.2) is 5.75 Å². The number of carbonyl (C=O) groups excluding carboxylic acids is 2. The average molecular weight is 366 g/mol. The van der Waals surface area contributed by atoms with E-state index in [4.69, 9.17) is 44.3 Å². The molecule has 0 heterocycles. The molecule has 0 atom stereocenters. The van der Waals surface area contributed by atoms with Gasteiger partial charge in [0.1, 0.15) is 6.10 Å². The van der Waals surface area contributed by atoms with Crippen LogP contribution in [0.25, 0.3) is 0 Å². The van der Waals surface area contributed by atoms with Gasteiger partial charge in [-0.15, -0.1) is 0 Å². The van der Waals surface area contributed by atoms with E-state index < -0.39 is 11.9 Å². The molecule has 0 saturated heterocycles. The molecule has 1 saturated carbocycles. The Morgan fingerprint density at radius 2 is 1.55 bits per heavy atom. The fraction of sp³-hybridized carbons (Fsp3) is 0.467. The first-order valence-electron chi connectivity index (χ1n) is 7.00. The van der Waals surface area contributed by atoms with Gasteiger partial charge in [-0.05, 0) is 37.8 Å². The number of halogens is 3. The highest BCUT2D eigenvalue weighted by Crippen LogP contribution is 2.36. The first-order valence-corrected chi connectivity index (χ1v) is 8.14. The van der Waals surface area contributed by atoms with E-state index in [0.717, 1.165) is 25.7 Å². The van der Waals surface area contributed by atoms with Crippen LogP contribution in [0.5, 0.6) is 5.75 Å².